The summed E-state index contributed by atoms with van der Waals surface area (Å²) in [6.45, 7) is 3.42. The summed E-state index contributed by atoms with van der Waals surface area (Å²) in [6.07, 6.45) is 2.28. The third-order valence-electron chi connectivity index (χ3n) is 3.76. The molecule has 0 fully saturated rings. The van der Waals surface area contributed by atoms with Crippen LogP contribution in [0.4, 0.5) is 0 Å². The lowest BCUT2D eigenvalue weighted by atomic mass is 9.95. The first-order chi connectivity index (χ1) is 12.0. The highest BCUT2D eigenvalue weighted by molar-refractivity contribution is 6.01. The Hall–Kier alpha value is -3.08. The highest BCUT2D eigenvalue weighted by Gasteiger charge is 2.39. The molecule has 1 aromatic rings. The first-order valence-electron chi connectivity index (χ1n) is 7.88. The molecular weight excluding hydrogens is 326 g/mol. The molecule has 134 valence electrons. The van der Waals surface area contributed by atoms with Crippen molar-refractivity contribution in [2.24, 2.45) is 5.92 Å². The number of carboxylic acid groups (broad SMARTS) is 1. The predicted octanol–water partition coefficient (Wildman–Crippen LogP) is 1.09. The number of nitrogens with one attached hydrogen (secondary N) is 1. The second-order valence-electron chi connectivity index (χ2n) is 5.29. The van der Waals surface area contributed by atoms with E-state index >= 15 is 0 Å². The van der Waals surface area contributed by atoms with E-state index in [0.29, 0.717) is 12.8 Å². The average molecular weight is 347 g/mol. The number of aliphatic carboxylic acids is 1. The van der Waals surface area contributed by atoms with Crippen molar-refractivity contribution in [2.75, 3.05) is 6.54 Å². The number of hydrogen-bond donors (Lipinski definition) is 2. The van der Waals surface area contributed by atoms with Gasteiger partial charge >= 0.3 is 11.9 Å². The number of carboxylic acids is 1. The summed E-state index contributed by atoms with van der Waals surface area (Å²) in [5.74, 6) is -3.66. The van der Waals surface area contributed by atoms with E-state index in [0.717, 1.165) is 10.5 Å². The Morgan fingerprint density at radius 1 is 1.28 bits per heavy atom. The van der Waals surface area contributed by atoms with Gasteiger partial charge < -0.3 is 14.8 Å². The monoisotopic (exact) mass is 347 g/mol. The van der Waals surface area contributed by atoms with Gasteiger partial charge in [0.1, 0.15) is 0 Å². The summed E-state index contributed by atoms with van der Waals surface area (Å²) in [4.78, 5) is 41.5. The van der Waals surface area contributed by atoms with Crippen LogP contribution in [0.25, 0.3) is 0 Å². The van der Waals surface area contributed by atoms with Crippen LogP contribution in [0.15, 0.2) is 30.3 Å². The summed E-state index contributed by atoms with van der Waals surface area (Å²) in [5, 5.41) is 17.7. The van der Waals surface area contributed by atoms with Crippen LogP contribution < -0.4 is 5.48 Å². The lowest BCUT2D eigenvalue weighted by molar-refractivity contribution is -0.169. The van der Waals surface area contributed by atoms with Gasteiger partial charge in [-0.25, -0.2) is 9.59 Å². The van der Waals surface area contributed by atoms with E-state index in [-0.39, 0.29) is 6.54 Å². The van der Waals surface area contributed by atoms with E-state index in [1.54, 1.807) is 12.4 Å². The number of carbonyl (C=O) groups is 3. The summed E-state index contributed by atoms with van der Waals surface area (Å²) < 4.78 is 0. The molecule has 1 aromatic carbocycles. The summed E-state index contributed by atoms with van der Waals surface area (Å²) in [6, 6.07) is 7.52. The minimum atomic E-state index is -1.82. The van der Waals surface area contributed by atoms with Gasteiger partial charge in [0.05, 0.1) is 0 Å². The molecule has 1 amide bonds. The fraction of sp³-hybridized carbons (Fsp3) is 0.412. The Bertz CT molecular complexity index is 641. The standard InChI is InChI=1S/C17H21N3O5/c1-3-13(10-12-8-6-5-7-9-12)15(21)20(4-2)14(16(22)23)17(24)25-19-11-18/h5-9,13-14,19H,3-4,10H2,1-2H3,(H,22,23). The molecule has 2 N–H and O–H groups in total. The molecule has 0 aromatic heterocycles. The van der Waals surface area contributed by atoms with Gasteiger partial charge in [-0.05, 0) is 25.3 Å². The molecule has 0 radical (unpaired) electrons. The molecule has 0 aliphatic carbocycles. The van der Waals surface area contributed by atoms with Gasteiger partial charge in [0.2, 0.25) is 18.1 Å². The van der Waals surface area contributed by atoms with Crippen LogP contribution in [0, 0.1) is 17.4 Å². The average Bonchev–Trinajstić information content (AvgIpc) is 2.61. The number of benzene rings is 1. The zero-order valence-corrected chi connectivity index (χ0v) is 14.1. The first kappa shape index (κ1) is 20.0. The van der Waals surface area contributed by atoms with Gasteiger partial charge in [-0.15, -0.1) is 0 Å². The van der Waals surface area contributed by atoms with Crippen molar-refractivity contribution in [2.45, 2.75) is 32.7 Å². The van der Waals surface area contributed by atoms with Gasteiger partial charge in [-0.3, -0.25) is 4.79 Å². The molecule has 0 aliphatic heterocycles. The zero-order chi connectivity index (χ0) is 18.8. The number of amides is 1. The zero-order valence-electron chi connectivity index (χ0n) is 14.1. The fourth-order valence-corrected chi connectivity index (χ4v) is 2.50. The number of rotatable bonds is 9. The van der Waals surface area contributed by atoms with E-state index in [1.807, 2.05) is 37.3 Å². The third-order valence-corrected chi connectivity index (χ3v) is 3.76. The Morgan fingerprint density at radius 2 is 1.92 bits per heavy atom. The van der Waals surface area contributed by atoms with Crippen LogP contribution in [-0.4, -0.2) is 40.4 Å². The Morgan fingerprint density at radius 3 is 2.40 bits per heavy atom. The molecule has 0 saturated heterocycles. The Balaban J connectivity index is 2.99. The second-order valence-corrected chi connectivity index (χ2v) is 5.29. The number of hydrogen-bond acceptors (Lipinski definition) is 6. The van der Waals surface area contributed by atoms with Crippen molar-refractivity contribution in [1.82, 2.24) is 10.4 Å². The lowest BCUT2D eigenvalue weighted by Crippen LogP contribution is -2.53. The van der Waals surface area contributed by atoms with Gasteiger partial charge in [-0.2, -0.15) is 10.7 Å². The molecule has 25 heavy (non-hydrogen) atoms. The third kappa shape index (κ3) is 5.49. The maximum absolute atomic E-state index is 12.8. The largest absolute Gasteiger partial charge is 0.479 e. The van der Waals surface area contributed by atoms with Crippen LogP contribution in [0.3, 0.4) is 0 Å². The van der Waals surface area contributed by atoms with Crippen molar-refractivity contribution < 1.29 is 24.3 Å². The van der Waals surface area contributed by atoms with Gasteiger partial charge in [-0.1, -0.05) is 37.3 Å². The predicted molar refractivity (Wildman–Crippen MR) is 87.6 cm³/mol. The lowest BCUT2D eigenvalue weighted by Gasteiger charge is -2.29. The molecule has 8 heteroatoms. The minimum absolute atomic E-state index is 0.0166. The van der Waals surface area contributed by atoms with Gasteiger partial charge in [0.25, 0.3) is 0 Å². The number of nitriles is 1. The van der Waals surface area contributed by atoms with Crippen LogP contribution >= 0.6 is 0 Å². The van der Waals surface area contributed by atoms with Crippen LogP contribution in [0.1, 0.15) is 25.8 Å². The van der Waals surface area contributed by atoms with Gasteiger partial charge in [0, 0.05) is 12.5 Å². The number of nitrogens with zero attached hydrogens (tertiary/aromatic N) is 2. The highest BCUT2D eigenvalue weighted by atomic mass is 16.7. The smallest absolute Gasteiger partial charge is 0.366 e. The molecule has 2 atom stereocenters. The van der Waals surface area contributed by atoms with Crippen LogP contribution in [-0.2, 0) is 25.6 Å². The van der Waals surface area contributed by atoms with E-state index in [4.69, 9.17) is 5.26 Å². The minimum Gasteiger partial charge on any atom is -0.479 e. The number of carbonyl (C=O) groups excluding carboxylic acids is 2. The van der Waals surface area contributed by atoms with Crippen LogP contribution in [0.5, 0.6) is 0 Å². The quantitative estimate of drug-likeness (QED) is 0.297. The summed E-state index contributed by atoms with van der Waals surface area (Å²) in [7, 11) is 0. The van der Waals surface area contributed by atoms with Crippen molar-refractivity contribution in [3.8, 4) is 6.19 Å². The fourth-order valence-electron chi connectivity index (χ4n) is 2.50. The molecule has 0 bridgehead atoms. The Kier molecular flexibility index (Phi) is 7.93. The molecule has 8 nitrogen and oxygen atoms in total. The van der Waals surface area contributed by atoms with E-state index in [9.17, 15) is 19.5 Å². The number of hydroxylamine groups is 1. The highest BCUT2D eigenvalue weighted by Crippen LogP contribution is 2.17. The molecule has 2 unspecified atom stereocenters. The van der Waals surface area contributed by atoms with E-state index in [1.165, 1.54) is 6.19 Å². The molecular formula is C17H21N3O5. The van der Waals surface area contributed by atoms with E-state index < -0.39 is 29.8 Å². The van der Waals surface area contributed by atoms with Crippen molar-refractivity contribution in [3.05, 3.63) is 35.9 Å². The number of likely N-dealkylation sites (N-methyl/N-ethyl adjacent to an activating group) is 1. The summed E-state index contributed by atoms with van der Waals surface area (Å²) >= 11 is 0. The van der Waals surface area contributed by atoms with Crippen molar-refractivity contribution in [3.63, 3.8) is 0 Å². The topological polar surface area (TPSA) is 120 Å². The SMILES string of the molecule is CCC(Cc1ccccc1)C(=O)N(CC)C(C(=O)O)C(=O)ONC#N. The molecule has 0 spiro atoms. The van der Waals surface area contributed by atoms with Crippen molar-refractivity contribution in [1.29, 1.82) is 5.26 Å². The first-order valence-corrected chi connectivity index (χ1v) is 7.88. The summed E-state index contributed by atoms with van der Waals surface area (Å²) in [5.41, 5.74) is 2.58. The Labute approximate surface area is 145 Å². The molecule has 0 aliphatic rings. The molecule has 0 heterocycles. The maximum atomic E-state index is 12.8. The van der Waals surface area contributed by atoms with Crippen molar-refractivity contribution >= 4 is 17.8 Å². The molecule has 1 rings (SSSR count). The van der Waals surface area contributed by atoms with E-state index in [2.05, 4.69) is 4.84 Å². The maximum Gasteiger partial charge on any atom is 0.366 e. The molecule has 0 saturated carbocycles. The second kappa shape index (κ2) is 9.93. The van der Waals surface area contributed by atoms with Crippen LogP contribution in [0.2, 0.25) is 0 Å². The normalized spacial score (nSPS) is 12.4. The van der Waals surface area contributed by atoms with Gasteiger partial charge in [0.15, 0.2) is 0 Å².